The van der Waals surface area contributed by atoms with Crippen molar-refractivity contribution in [3.8, 4) is 0 Å². The first-order valence-electron chi connectivity index (χ1n) is 12.1. The minimum absolute atomic E-state index is 0.129. The highest BCUT2D eigenvalue weighted by Crippen LogP contribution is 2.41. The molecule has 11 heteroatoms. The predicted octanol–water partition coefficient (Wildman–Crippen LogP) is 4.78. The maximum absolute atomic E-state index is 14.7. The highest BCUT2D eigenvalue weighted by Gasteiger charge is 2.43. The van der Waals surface area contributed by atoms with Gasteiger partial charge in [-0.1, -0.05) is 24.1 Å². The van der Waals surface area contributed by atoms with Crippen molar-refractivity contribution in [1.82, 2.24) is 25.0 Å². The second kappa shape index (κ2) is 8.96. The van der Waals surface area contributed by atoms with Crippen molar-refractivity contribution >= 4 is 23.2 Å². The summed E-state index contributed by atoms with van der Waals surface area (Å²) in [5.74, 6) is -2.32. The van der Waals surface area contributed by atoms with Gasteiger partial charge in [0.25, 0.3) is 0 Å². The second-order valence-electron chi connectivity index (χ2n) is 9.74. The van der Waals surface area contributed by atoms with E-state index in [2.05, 4.69) is 20.4 Å². The van der Waals surface area contributed by atoms with Crippen molar-refractivity contribution in [3.63, 3.8) is 0 Å². The van der Waals surface area contributed by atoms with Crippen molar-refractivity contribution < 1.29 is 13.2 Å². The molecule has 3 aliphatic rings. The molecule has 0 amide bonds. The van der Waals surface area contributed by atoms with E-state index in [0.717, 1.165) is 50.5 Å². The summed E-state index contributed by atoms with van der Waals surface area (Å²) in [6.45, 7) is 2.39. The van der Waals surface area contributed by atoms with Crippen LogP contribution in [0.3, 0.4) is 0 Å². The number of nitrogens with zero attached hydrogens (tertiary/aromatic N) is 6. The van der Waals surface area contributed by atoms with E-state index in [-0.39, 0.29) is 11.6 Å². The van der Waals surface area contributed by atoms with E-state index < -0.39 is 23.4 Å². The molecule has 1 saturated carbocycles. The van der Waals surface area contributed by atoms with Crippen LogP contribution < -0.4 is 10.2 Å². The van der Waals surface area contributed by atoms with Crippen LogP contribution in [0.1, 0.15) is 49.4 Å². The lowest BCUT2D eigenvalue weighted by Gasteiger charge is -2.39. The Labute approximate surface area is 205 Å². The molecule has 0 spiro atoms. The number of aromatic nitrogens is 5. The first kappa shape index (κ1) is 22.6. The van der Waals surface area contributed by atoms with Crippen LogP contribution >= 0.6 is 11.6 Å². The maximum atomic E-state index is 14.7. The third kappa shape index (κ3) is 4.11. The fourth-order valence-electron chi connectivity index (χ4n) is 6.00. The van der Waals surface area contributed by atoms with Gasteiger partial charge < -0.3 is 10.2 Å². The lowest BCUT2D eigenvalue weighted by Crippen LogP contribution is -2.48. The molecule has 2 aromatic heterocycles. The molecule has 0 radical (unpaired) electrons. The first-order chi connectivity index (χ1) is 17.0. The van der Waals surface area contributed by atoms with Gasteiger partial charge in [0.1, 0.15) is 5.82 Å². The second-order valence-corrected chi connectivity index (χ2v) is 10.1. The molecule has 2 aliphatic heterocycles. The molecule has 35 heavy (non-hydrogen) atoms. The van der Waals surface area contributed by atoms with Crippen molar-refractivity contribution in [2.75, 3.05) is 23.3 Å². The molecule has 1 aliphatic carbocycles. The van der Waals surface area contributed by atoms with Crippen molar-refractivity contribution in [3.05, 3.63) is 58.4 Å². The van der Waals surface area contributed by atoms with Gasteiger partial charge in [-0.25, -0.2) is 17.9 Å². The van der Waals surface area contributed by atoms with Crippen LogP contribution in [-0.2, 0) is 6.54 Å². The Hall–Kier alpha value is -2.88. The van der Waals surface area contributed by atoms with Crippen molar-refractivity contribution in [1.29, 1.82) is 0 Å². The highest BCUT2D eigenvalue weighted by molar-refractivity contribution is 6.29. The van der Waals surface area contributed by atoms with Gasteiger partial charge in [0, 0.05) is 43.2 Å². The number of aryl methyl sites for hydroxylation is 1. The molecule has 184 valence electrons. The average Bonchev–Trinajstić information content (AvgIpc) is 3.25. The van der Waals surface area contributed by atoms with Crippen molar-refractivity contribution in [2.24, 2.45) is 11.8 Å². The van der Waals surface area contributed by atoms with E-state index >= 15 is 0 Å². The van der Waals surface area contributed by atoms with Crippen LogP contribution in [0.4, 0.5) is 24.8 Å². The quantitative estimate of drug-likeness (QED) is 0.517. The van der Waals surface area contributed by atoms with Crippen LogP contribution in [0.15, 0.2) is 24.4 Å². The highest BCUT2D eigenvalue weighted by atomic mass is 35.5. The molecule has 2 fully saturated rings. The van der Waals surface area contributed by atoms with Gasteiger partial charge in [0.15, 0.2) is 22.6 Å². The number of nitrogens with one attached hydrogen (secondary N) is 1. The average molecular weight is 504 g/mol. The molecule has 2 bridgehead atoms. The van der Waals surface area contributed by atoms with Gasteiger partial charge in [-0.15, -0.1) is 10.2 Å². The van der Waals surface area contributed by atoms with Crippen LogP contribution in [-0.4, -0.2) is 44.1 Å². The number of anilines is 2. The van der Waals surface area contributed by atoms with E-state index in [4.69, 9.17) is 21.7 Å². The number of piperidine rings is 1. The summed E-state index contributed by atoms with van der Waals surface area (Å²) in [4.78, 5) is 7.05. The summed E-state index contributed by atoms with van der Waals surface area (Å²) in [5.41, 5.74) is 1.10. The first-order valence-corrected chi connectivity index (χ1v) is 12.4. The number of benzene rings is 1. The summed E-state index contributed by atoms with van der Waals surface area (Å²) in [6, 6.07) is 4.37. The molecule has 4 heterocycles. The molecule has 6 rings (SSSR count). The van der Waals surface area contributed by atoms with Crippen LogP contribution in [0, 0.1) is 29.3 Å². The zero-order valence-electron chi connectivity index (χ0n) is 19.0. The molecular formula is C24H25ClF3N7. The van der Waals surface area contributed by atoms with Gasteiger partial charge >= 0.3 is 0 Å². The summed E-state index contributed by atoms with van der Waals surface area (Å²) in [5, 5.41) is 16.4. The summed E-state index contributed by atoms with van der Waals surface area (Å²) >= 11 is 6.04. The lowest BCUT2D eigenvalue weighted by atomic mass is 9.92. The smallest absolute Gasteiger partial charge is 0.242 e. The molecule has 1 N–H and O–H groups in total. The number of hydrogen-bond donors (Lipinski definition) is 1. The maximum Gasteiger partial charge on any atom is 0.242 e. The molecule has 4 atom stereocenters. The van der Waals surface area contributed by atoms with Gasteiger partial charge in [0.2, 0.25) is 5.95 Å². The van der Waals surface area contributed by atoms with Gasteiger partial charge in [-0.05, 0) is 43.6 Å². The monoisotopic (exact) mass is 503 g/mol. The molecule has 1 saturated heterocycles. The molecule has 1 aromatic carbocycles. The predicted molar refractivity (Wildman–Crippen MR) is 125 cm³/mol. The minimum atomic E-state index is -1.44. The largest absolute Gasteiger partial charge is 0.369 e. The SMILES string of the molecule is Fc1ccc([C@@H]2CCCCn3nc(NC4[C@@H]5CC[C@H]4CN(c4cnnc(Cl)c4)C5)nc32)c(F)c1F. The lowest BCUT2D eigenvalue weighted by molar-refractivity contribution is 0.376. The normalized spacial score (nSPS) is 25.9. The number of hydrogen-bond acceptors (Lipinski definition) is 6. The molecule has 3 aromatic rings. The van der Waals surface area contributed by atoms with Crippen LogP contribution in [0.2, 0.25) is 5.15 Å². The molecule has 1 unspecified atom stereocenters. The Bertz CT molecular complexity index is 1240. The Morgan fingerprint density at radius 2 is 1.80 bits per heavy atom. The molecular weight excluding hydrogens is 479 g/mol. The number of rotatable bonds is 4. The Balaban J connectivity index is 1.24. The van der Waals surface area contributed by atoms with Crippen LogP contribution in [0.5, 0.6) is 0 Å². The number of halogens is 4. The van der Waals surface area contributed by atoms with E-state index in [9.17, 15) is 13.2 Å². The fourth-order valence-corrected chi connectivity index (χ4v) is 6.16. The third-order valence-electron chi connectivity index (χ3n) is 7.67. The van der Waals surface area contributed by atoms with Gasteiger partial charge in [-0.3, -0.25) is 0 Å². The summed E-state index contributed by atoms with van der Waals surface area (Å²) in [7, 11) is 0. The van der Waals surface area contributed by atoms with Gasteiger partial charge in [0.05, 0.1) is 11.9 Å². The standard InChI is InChI=1S/C24H25ClF3N7/c25-19-9-15(10-29-32-19)34-11-13-4-5-14(12-34)22(13)30-24-31-23-17(3-1-2-8-35(23)33-24)16-6-7-18(26)21(28)20(16)27/h6-7,9-10,13-14,17,22H,1-5,8,11-12H2,(H,30,33)/t13-,14+,17-,22?/m0/s1. The number of fused-ring (bicyclic) bond motifs is 3. The van der Waals surface area contributed by atoms with Gasteiger partial charge in [-0.2, -0.15) is 10.1 Å². The zero-order valence-corrected chi connectivity index (χ0v) is 19.7. The third-order valence-corrected chi connectivity index (χ3v) is 7.85. The Morgan fingerprint density at radius 3 is 2.57 bits per heavy atom. The summed E-state index contributed by atoms with van der Waals surface area (Å²) < 4.78 is 44.0. The van der Waals surface area contributed by atoms with E-state index in [0.29, 0.717) is 41.7 Å². The van der Waals surface area contributed by atoms with Crippen LogP contribution in [0.25, 0.3) is 0 Å². The topological polar surface area (TPSA) is 71.8 Å². The van der Waals surface area contributed by atoms with E-state index in [1.807, 2.05) is 6.07 Å². The minimum Gasteiger partial charge on any atom is -0.369 e. The summed E-state index contributed by atoms with van der Waals surface area (Å²) in [6.07, 6.45) is 6.23. The van der Waals surface area contributed by atoms with E-state index in [1.165, 1.54) is 6.07 Å². The zero-order chi connectivity index (χ0) is 24.1. The fraction of sp³-hybridized carbons (Fsp3) is 0.500. The van der Waals surface area contributed by atoms with Crippen molar-refractivity contribution in [2.45, 2.75) is 50.6 Å². The van der Waals surface area contributed by atoms with E-state index in [1.54, 1.807) is 10.9 Å². The Kier molecular flexibility index (Phi) is 5.78. The molecule has 7 nitrogen and oxygen atoms in total. The Morgan fingerprint density at radius 1 is 1.00 bits per heavy atom.